The Labute approximate surface area is 111 Å². The van der Waals surface area contributed by atoms with Crippen LogP contribution in [0, 0.1) is 0 Å². The van der Waals surface area contributed by atoms with E-state index in [9.17, 15) is 4.79 Å². The summed E-state index contributed by atoms with van der Waals surface area (Å²) in [6, 6.07) is 6.81. The fourth-order valence-electron chi connectivity index (χ4n) is 1.33. The smallest absolute Gasteiger partial charge is 0.339 e. The first-order chi connectivity index (χ1) is 8.16. The number of ether oxygens (including phenoxy) is 1. The number of halogens is 1. The Morgan fingerprint density at radius 1 is 1.41 bits per heavy atom. The van der Waals surface area contributed by atoms with Crippen LogP contribution in [-0.2, 0) is 6.61 Å². The Bertz CT molecular complexity index is 523. The molecule has 0 atom stereocenters. The Kier molecular flexibility index (Phi) is 3.81. The second kappa shape index (κ2) is 5.33. The van der Waals surface area contributed by atoms with Gasteiger partial charge in [-0.3, -0.25) is 0 Å². The quantitative estimate of drug-likeness (QED) is 0.934. The summed E-state index contributed by atoms with van der Waals surface area (Å²) < 4.78 is 6.31. The van der Waals surface area contributed by atoms with Crippen LogP contribution in [0.5, 0.6) is 5.75 Å². The molecule has 0 unspecified atom stereocenters. The average Bonchev–Trinajstić information content (AvgIpc) is 2.78. The van der Waals surface area contributed by atoms with Gasteiger partial charge in [-0.2, -0.15) is 11.3 Å². The summed E-state index contributed by atoms with van der Waals surface area (Å²) in [6.07, 6.45) is 0. The van der Waals surface area contributed by atoms with E-state index < -0.39 is 5.97 Å². The summed E-state index contributed by atoms with van der Waals surface area (Å²) in [4.78, 5) is 11.0. The van der Waals surface area contributed by atoms with E-state index in [1.54, 1.807) is 23.5 Å². The van der Waals surface area contributed by atoms with Crippen LogP contribution < -0.4 is 4.74 Å². The molecule has 0 radical (unpaired) electrons. The molecule has 0 saturated heterocycles. The fraction of sp³-hybridized carbons (Fsp3) is 0.0833. The van der Waals surface area contributed by atoms with Crippen LogP contribution in [0.3, 0.4) is 0 Å². The van der Waals surface area contributed by atoms with Gasteiger partial charge in [0.25, 0.3) is 0 Å². The van der Waals surface area contributed by atoms with Crippen molar-refractivity contribution in [1.82, 2.24) is 0 Å². The van der Waals surface area contributed by atoms with E-state index in [4.69, 9.17) is 9.84 Å². The average molecular weight is 313 g/mol. The van der Waals surface area contributed by atoms with Crippen molar-refractivity contribution in [2.24, 2.45) is 0 Å². The van der Waals surface area contributed by atoms with Crippen molar-refractivity contribution in [2.45, 2.75) is 6.61 Å². The molecule has 0 bridgehead atoms. The number of carbonyl (C=O) groups is 1. The third-order valence-electron chi connectivity index (χ3n) is 2.15. The SMILES string of the molecule is O=C(O)c1ccc(Br)cc1OCc1ccsc1. The molecule has 0 aliphatic rings. The van der Waals surface area contributed by atoms with Crippen molar-refractivity contribution in [3.63, 3.8) is 0 Å². The lowest BCUT2D eigenvalue weighted by atomic mass is 10.2. The number of thiophene rings is 1. The first-order valence-corrected chi connectivity index (χ1v) is 6.57. The molecule has 0 spiro atoms. The summed E-state index contributed by atoms with van der Waals surface area (Å²) >= 11 is 4.88. The van der Waals surface area contributed by atoms with Crippen LogP contribution in [0.2, 0.25) is 0 Å². The topological polar surface area (TPSA) is 46.5 Å². The maximum absolute atomic E-state index is 11.0. The molecule has 17 heavy (non-hydrogen) atoms. The van der Waals surface area contributed by atoms with Crippen molar-refractivity contribution in [3.8, 4) is 5.75 Å². The molecule has 2 rings (SSSR count). The minimum atomic E-state index is -0.988. The highest BCUT2D eigenvalue weighted by Crippen LogP contribution is 2.25. The standard InChI is InChI=1S/C12H9BrO3S/c13-9-1-2-10(12(14)15)11(5-9)16-6-8-3-4-17-7-8/h1-5,7H,6H2,(H,14,15). The van der Waals surface area contributed by atoms with Gasteiger partial charge >= 0.3 is 5.97 Å². The van der Waals surface area contributed by atoms with E-state index >= 15 is 0 Å². The lowest BCUT2D eigenvalue weighted by Gasteiger charge is -2.08. The van der Waals surface area contributed by atoms with Crippen LogP contribution in [0.4, 0.5) is 0 Å². The minimum Gasteiger partial charge on any atom is -0.488 e. The number of hydrogen-bond acceptors (Lipinski definition) is 3. The molecule has 0 saturated carbocycles. The van der Waals surface area contributed by atoms with Crippen molar-refractivity contribution >= 4 is 33.2 Å². The second-order valence-corrected chi connectivity index (χ2v) is 5.06. The molecule has 5 heteroatoms. The molecule has 1 N–H and O–H groups in total. The maximum Gasteiger partial charge on any atom is 0.339 e. The molecule has 1 aromatic heterocycles. The number of carboxylic acid groups (broad SMARTS) is 1. The number of aromatic carboxylic acids is 1. The van der Waals surface area contributed by atoms with Gasteiger partial charge in [0.05, 0.1) is 0 Å². The van der Waals surface area contributed by atoms with E-state index in [2.05, 4.69) is 15.9 Å². The van der Waals surface area contributed by atoms with E-state index in [-0.39, 0.29) is 5.56 Å². The zero-order chi connectivity index (χ0) is 12.3. The summed E-state index contributed by atoms with van der Waals surface area (Å²) in [5, 5.41) is 12.9. The van der Waals surface area contributed by atoms with Gasteiger partial charge < -0.3 is 9.84 Å². The monoisotopic (exact) mass is 312 g/mol. The zero-order valence-electron chi connectivity index (χ0n) is 8.72. The van der Waals surface area contributed by atoms with E-state index in [0.29, 0.717) is 12.4 Å². The number of carboxylic acids is 1. The highest BCUT2D eigenvalue weighted by Gasteiger charge is 2.11. The Morgan fingerprint density at radius 2 is 2.24 bits per heavy atom. The van der Waals surface area contributed by atoms with Gasteiger partial charge in [0.15, 0.2) is 0 Å². The van der Waals surface area contributed by atoms with Gasteiger partial charge in [0.1, 0.15) is 17.9 Å². The number of rotatable bonds is 4. The summed E-state index contributed by atoms with van der Waals surface area (Å²) in [6.45, 7) is 0.375. The van der Waals surface area contributed by atoms with E-state index in [1.807, 2.05) is 16.8 Å². The maximum atomic E-state index is 11.0. The largest absolute Gasteiger partial charge is 0.488 e. The lowest BCUT2D eigenvalue weighted by molar-refractivity contribution is 0.0691. The normalized spacial score (nSPS) is 10.2. The minimum absolute atomic E-state index is 0.170. The summed E-state index contributed by atoms with van der Waals surface area (Å²) in [5.41, 5.74) is 1.20. The number of benzene rings is 1. The van der Waals surface area contributed by atoms with Gasteiger partial charge in [-0.15, -0.1) is 0 Å². The predicted molar refractivity (Wildman–Crippen MR) is 69.8 cm³/mol. The Hall–Kier alpha value is -1.33. The Morgan fingerprint density at radius 3 is 2.88 bits per heavy atom. The molecule has 0 amide bonds. The molecule has 0 aliphatic heterocycles. The first kappa shape index (κ1) is 12.1. The van der Waals surface area contributed by atoms with Crippen LogP contribution in [-0.4, -0.2) is 11.1 Å². The van der Waals surface area contributed by atoms with Gasteiger partial charge in [0.2, 0.25) is 0 Å². The Balaban J connectivity index is 2.19. The summed E-state index contributed by atoms with van der Waals surface area (Å²) in [7, 11) is 0. The van der Waals surface area contributed by atoms with Crippen LogP contribution in [0.15, 0.2) is 39.5 Å². The second-order valence-electron chi connectivity index (χ2n) is 3.37. The molecule has 2 aromatic rings. The van der Waals surface area contributed by atoms with Crippen molar-refractivity contribution in [3.05, 3.63) is 50.6 Å². The van der Waals surface area contributed by atoms with Gasteiger partial charge in [-0.1, -0.05) is 15.9 Å². The molecule has 0 aliphatic carbocycles. The highest BCUT2D eigenvalue weighted by molar-refractivity contribution is 9.10. The number of hydrogen-bond donors (Lipinski definition) is 1. The molecular formula is C12H9BrO3S. The van der Waals surface area contributed by atoms with E-state index in [0.717, 1.165) is 10.0 Å². The third-order valence-corrected chi connectivity index (χ3v) is 3.37. The molecule has 88 valence electrons. The molecule has 0 fully saturated rings. The molecule has 1 aromatic carbocycles. The lowest BCUT2D eigenvalue weighted by Crippen LogP contribution is -2.02. The van der Waals surface area contributed by atoms with Gasteiger partial charge in [-0.05, 0) is 40.6 Å². The third kappa shape index (κ3) is 3.08. The van der Waals surface area contributed by atoms with Crippen molar-refractivity contribution < 1.29 is 14.6 Å². The molecule has 1 heterocycles. The first-order valence-electron chi connectivity index (χ1n) is 4.83. The van der Waals surface area contributed by atoms with Crippen LogP contribution in [0.1, 0.15) is 15.9 Å². The predicted octanol–water partition coefficient (Wildman–Crippen LogP) is 3.79. The van der Waals surface area contributed by atoms with Gasteiger partial charge in [-0.25, -0.2) is 4.79 Å². The fourth-order valence-corrected chi connectivity index (χ4v) is 2.32. The molecule has 3 nitrogen and oxygen atoms in total. The van der Waals surface area contributed by atoms with Gasteiger partial charge in [0, 0.05) is 4.47 Å². The zero-order valence-corrected chi connectivity index (χ0v) is 11.1. The molecular weight excluding hydrogens is 304 g/mol. The van der Waals surface area contributed by atoms with Crippen LogP contribution >= 0.6 is 27.3 Å². The van der Waals surface area contributed by atoms with E-state index in [1.165, 1.54) is 6.07 Å². The highest BCUT2D eigenvalue weighted by atomic mass is 79.9. The summed E-state index contributed by atoms with van der Waals surface area (Å²) in [5.74, 6) is -0.615. The van der Waals surface area contributed by atoms with Crippen molar-refractivity contribution in [1.29, 1.82) is 0 Å². The van der Waals surface area contributed by atoms with Crippen molar-refractivity contribution in [2.75, 3.05) is 0 Å². The van der Waals surface area contributed by atoms with Crippen LogP contribution in [0.25, 0.3) is 0 Å².